The second-order valence-corrected chi connectivity index (χ2v) is 8.93. The largest absolute Gasteiger partial charge is 0.323 e. The van der Waals surface area contributed by atoms with Crippen molar-refractivity contribution in [1.29, 1.82) is 0 Å². The van der Waals surface area contributed by atoms with E-state index in [1.807, 2.05) is 35.0 Å². The van der Waals surface area contributed by atoms with Gasteiger partial charge in [-0.15, -0.1) is 11.8 Å². The van der Waals surface area contributed by atoms with Crippen LogP contribution in [0.15, 0.2) is 70.6 Å². The van der Waals surface area contributed by atoms with E-state index in [9.17, 15) is 0 Å². The van der Waals surface area contributed by atoms with Crippen LogP contribution in [-0.2, 0) is 0 Å². The topological polar surface area (TPSA) is 17.8 Å². The van der Waals surface area contributed by atoms with Crippen LogP contribution in [0.1, 0.15) is 15.8 Å². The molecule has 0 radical (unpaired) electrons. The van der Waals surface area contributed by atoms with E-state index in [0.29, 0.717) is 10.0 Å². The summed E-state index contributed by atoms with van der Waals surface area (Å²) in [6.45, 7) is 0. The summed E-state index contributed by atoms with van der Waals surface area (Å²) >= 11 is 21.4. The highest BCUT2D eigenvalue weighted by atomic mass is 79.9. The number of alkyl halides is 1. The summed E-state index contributed by atoms with van der Waals surface area (Å²) in [5.74, 6) is 0. The van der Waals surface area contributed by atoms with Crippen molar-refractivity contribution >= 4 is 66.8 Å². The smallest absolute Gasteiger partial charge is 0.106 e. The van der Waals surface area contributed by atoms with Crippen LogP contribution in [0, 0.1) is 0 Å². The van der Waals surface area contributed by atoms with Crippen molar-refractivity contribution in [2.24, 2.45) is 0 Å². The first-order chi connectivity index (χ1) is 11.5. The lowest BCUT2D eigenvalue weighted by Crippen LogP contribution is -2.09. The van der Waals surface area contributed by atoms with Crippen LogP contribution in [0.2, 0.25) is 10.0 Å². The number of imidazole rings is 1. The van der Waals surface area contributed by atoms with Gasteiger partial charge in [0.2, 0.25) is 0 Å². The normalized spacial score (nSPS) is 13.7. The Morgan fingerprint density at radius 2 is 1.83 bits per heavy atom. The molecule has 0 saturated heterocycles. The van der Waals surface area contributed by atoms with Crippen molar-refractivity contribution in [2.75, 3.05) is 0 Å². The summed E-state index contributed by atoms with van der Waals surface area (Å²) in [6, 6.07) is 13.9. The molecule has 0 fully saturated rings. The zero-order valence-corrected chi connectivity index (χ0v) is 17.7. The molecule has 0 aliphatic heterocycles. The molecular weight excluding hydrogens is 495 g/mol. The van der Waals surface area contributed by atoms with E-state index in [4.69, 9.17) is 23.2 Å². The van der Waals surface area contributed by atoms with Gasteiger partial charge < -0.3 is 4.57 Å². The van der Waals surface area contributed by atoms with Gasteiger partial charge in [-0.25, -0.2) is 4.98 Å². The van der Waals surface area contributed by atoms with Gasteiger partial charge in [-0.05, 0) is 35.9 Å². The minimum atomic E-state index is 0.0259. The summed E-state index contributed by atoms with van der Waals surface area (Å²) in [7, 11) is 0. The van der Waals surface area contributed by atoms with E-state index in [1.54, 1.807) is 30.4 Å². The molecule has 124 valence electrons. The van der Waals surface area contributed by atoms with Crippen molar-refractivity contribution in [3.8, 4) is 0 Å². The van der Waals surface area contributed by atoms with Crippen LogP contribution in [0.25, 0.3) is 0 Å². The zero-order valence-electron chi connectivity index (χ0n) is 12.2. The third kappa shape index (κ3) is 4.38. The van der Waals surface area contributed by atoms with Gasteiger partial charge in [0, 0.05) is 26.8 Å². The molecule has 7 heteroatoms. The van der Waals surface area contributed by atoms with Gasteiger partial charge in [0.1, 0.15) is 4.95 Å². The minimum Gasteiger partial charge on any atom is -0.323 e. The van der Waals surface area contributed by atoms with E-state index < -0.39 is 0 Å². The first-order valence-corrected chi connectivity index (χ1v) is 10.4. The Hall–Kier alpha value is -0.460. The van der Waals surface area contributed by atoms with Gasteiger partial charge in [-0.1, -0.05) is 67.2 Å². The maximum atomic E-state index is 6.37. The van der Waals surface area contributed by atoms with Crippen molar-refractivity contribution in [2.45, 2.75) is 15.1 Å². The molecule has 0 bridgehead atoms. The highest BCUT2D eigenvalue weighted by Gasteiger charge is 2.24. The number of thioether (sulfide) groups is 1. The average molecular weight is 507 g/mol. The fraction of sp³-hybridized carbons (Fsp3) is 0.118. The summed E-state index contributed by atoms with van der Waals surface area (Å²) in [4.78, 5) is 5.15. The van der Waals surface area contributed by atoms with Gasteiger partial charge >= 0.3 is 0 Å². The predicted octanol–water partition coefficient (Wildman–Crippen LogP) is 7.38. The molecule has 2 atom stereocenters. The van der Waals surface area contributed by atoms with Crippen molar-refractivity contribution in [3.05, 3.63) is 81.3 Å². The van der Waals surface area contributed by atoms with Gasteiger partial charge in [-0.3, -0.25) is 0 Å². The fourth-order valence-electron chi connectivity index (χ4n) is 2.21. The molecule has 0 amide bonds. The van der Waals surface area contributed by atoms with Crippen molar-refractivity contribution < 1.29 is 0 Å². The summed E-state index contributed by atoms with van der Waals surface area (Å²) < 4.78 is 3.08. The Morgan fingerprint density at radius 3 is 2.46 bits per heavy atom. The molecule has 1 heterocycles. The second kappa shape index (κ2) is 8.28. The van der Waals surface area contributed by atoms with Crippen molar-refractivity contribution in [3.63, 3.8) is 0 Å². The van der Waals surface area contributed by atoms with Crippen LogP contribution in [-0.4, -0.2) is 9.55 Å². The Balaban J connectivity index is 1.96. The third-order valence-electron chi connectivity index (χ3n) is 3.41. The molecule has 3 aromatic rings. The number of hydrogen-bond acceptors (Lipinski definition) is 2. The van der Waals surface area contributed by atoms with Crippen LogP contribution < -0.4 is 0 Å². The van der Waals surface area contributed by atoms with Crippen LogP contribution in [0.4, 0.5) is 0 Å². The highest BCUT2D eigenvalue weighted by Crippen LogP contribution is 2.48. The molecule has 2 unspecified atom stereocenters. The second-order valence-electron chi connectivity index (χ2n) is 5.05. The summed E-state index contributed by atoms with van der Waals surface area (Å²) in [6.07, 6.45) is 5.51. The maximum absolute atomic E-state index is 6.37. The minimum absolute atomic E-state index is 0.0259. The first-order valence-electron chi connectivity index (χ1n) is 7.03. The molecule has 0 saturated carbocycles. The fourth-order valence-corrected chi connectivity index (χ4v) is 5.03. The lowest BCUT2D eigenvalue weighted by molar-refractivity contribution is 0.674. The Morgan fingerprint density at radius 1 is 1.08 bits per heavy atom. The molecule has 24 heavy (non-hydrogen) atoms. The van der Waals surface area contributed by atoms with Gasteiger partial charge in [0.15, 0.2) is 0 Å². The highest BCUT2D eigenvalue weighted by molar-refractivity contribution is 9.10. The molecule has 1 aromatic heterocycles. The SMILES string of the molecule is Clc1ccc(SC(c2ccc(Br)cc2)C(Br)n2ccnc2)c(Cl)c1. The van der Waals surface area contributed by atoms with E-state index >= 15 is 0 Å². The molecule has 0 spiro atoms. The standard InChI is InChI=1S/C17H12Br2Cl2N2S/c18-12-3-1-11(2-4-12)16(17(19)23-8-7-22-10-23)24-15-6-5-13(20)9-14(15)21/h1-10,16-17H. The van der Waals surface area contributed by atoms with E-state index in [1.165, 1.54) is 5.56 Å². The van der Waals surface area contributed by atoms with Crippen LogP contribution in [0.5, 0.6) is 0 Å². The third-order valence-corrected chi connectivity index (χ3v) is 7.34. The van der Waals surface area contributed by atoms with Gasteiger partial charge in [0.05, 0.1) is 16.6 Å². The monoisotopic (exact) mass is 504 g/mol. The number of hydrogen-bond donors (Lipinski definition) is 0. The Bertz CT molecular complexity index is 810. The molecule has 2 nitrogen and oxygen atoms in total. The number of nitrogens with zero attached hydrogens (tertiary/aromatic N) is 2. The molecule has 2 aromatic carbocycles. The first kappa shape index (κ1) is 18.3. The van der Waals surface area contributed by atoms with Gasteiger partial charge in [-0.2, -0.15) is 0 Å². The molecule has 0 aliphatic rings. The quantitative estimate of drug-likeness (QED) is 0.265. The van der Waals surface area contributed by atoms with Crippen LogP contribution in [0.3, 0.4) is 0 Å². The number of halogens is 4. The van der Waals surface area contributed by atoms with E-state index in [-0.39, 0.29) is 10.2 Å². The van der Waals surface area contributed by atoms with Gasteiger partial charge in [0.25, 0.3) is 0 Å². The lowest BCUT2D eigenvalue weighted by atomic mass is 10.1. The molecular formula is C17H12Br2Cl2N2S. The maximum Gasteiger partial charge on any atom is 0.106 e. The predicted molar refractivity (Wildman–Crippen MR) is 109 cm³/mol. The molecule has 0 aliphatic carbocycles. The Labute approximate surface area is 171 Å². The number of rotatable bonds is 5. The molecule has 3 rings (SSSR count). The summed E-state index contributed by atoms with van der Waals surface area (Å²) in [5, 5.41) is 1.39. The Kier molecular flexibility index (Phi) is 6.33. The zero-order chi connectivity index (χ0) is 17.1. The average Bonchev–Trinajstić information content (AvgIpc) is 3.09. The van der Waals surface area contributed by atoms with E-state index in [0.717, 1.165) is 9.37 Å². The van der Waals surface area contributed by atoms with E-state index in [2.05, 4.69) is 49.0 Å². The molecule has 0 N–H and O–H groups in total. The van der Waals surface area contributed by atoms with Crippen LogP contribution >= 0.6 is 66.8 Å². The number of benzene rings is 2. The number of aromatic nitrogens is 2. The summed E-state index contributed by atoms with van der Waals surface area (Å²) in [5.41, 5.74) is 1.18. The lowest BCUT2D eigenvalue weighted by Gasteiger charge is -2.24. The van der Waals surface area contributed by atoms with Crippen molar-refractivity contribution in [1.82, 2.24) is 9.55 Å².